The summed E-state index contributed by atoms with van der Waals surface area (Å²) in [5.74, 6) is -1.15. The molecule has 0 radical (unpaired) electrons. The maximum atomic E-state index is 15.0. The summed E-state index contributed by atoms with van der Waals surface area (Å²) in [7, 11) is -4.76. The van der Waals surface area contributed by atoms with E-state index < -0.39 is 42.9 Å². The molecule has 1 amide bonds. The van der Waals surface area contributed by atoms with E-state index in [0.717, 1.165) is 63.1 Å². The van der Waals surface area contributed by atoms with E-state index >= 15 is 4.39 Å². The lowest BCUT2D eigenvalue weighted by Crippen LogP contribution is -2.54. The minimum Gasteiger partial charge on any atom is -0.489 e. The van der Waals surface area contributed by atoms with E-state index in [9.17, 15) is 28.4 Å². The van der Waals surface area contributed by atoms with Crippen molar-refractivity contribution in [2.75, 3.05) is 36.5 Å². The van der Waals surface area contributed by atoms with E-state index in [1.54, 1.807) is 32.9 Å². The molecule has 10 rings (SSSR count). The smallest absolute Gasteiger partial charge is 0.297 e. The number of aromatic amines is 1. The highest BCUT2D eigenvalue weighted by atomic mass is 32.2. The van der Waals surface area contributed by atoms with Gasteiger partial charge in [-0.1, -0.05) is 38.1 Å². The summed E-state index contributed by atoms with van der Waals surface area (Å²) in [5.41, 5.74) is 2.69. The average Bonchev–Trinajstić information content (AvgIpc) is 3.96. The molecule has 16 nitrogen and oxygen atoms in total. The lowest BCUT2D eigenvalue weighted by Gasteiger charge is -2.56. The molecule has 71 heavy (non-hydrogen) atoms. The van der Waals surface area contributed by atoms with Crippen molar-refractivity contribution in [3.8, 4) is 23.1 Å². The SMILES string of the molecule is CC(C)Oc1nc2[nH]cc(F)c2cc1Oc1cc(N2CCC3(CC2)CC(N2CCC[C@H]2c2ccccc2C(C)C)C3)ccc1C(=O)NS(=O)(=O)c1cc2c(c([N+](=O)[O-])c1)N[C@@H]([C@H]1CC[C@](C)(O)CC1)CO2. The fourth-order valence-corrected chi connectivity index (χ4v) is 12.9. The van der Waals surface area contributed by atoms with Crippen molar-refractivity contribution in [3.05, 3.63) is 99.5 Å². The third-order valence-corrected chi connectivity index (χ3v) is 17.1. The predicted octanol–water partition coefficient (Wildman–Crippen LogP) is 10.1. The Labute approximate surface area is 413 Å². The minimum absolute atomic E-state index is 0.0000287. The number of fused-ring (bicyclic) bond motifs is 2. The Kier molecular flexibility index (Phi) is 12.9. The molecule has 18 heteroatoms. The third kappa shape index (κ3) is 9.74. The number of carbonyl (C=O) groups excluding carboxylic acids is 1. The number of aliphatic hydroxyl groups is 1. The maximum absolute atomic E-state index is 15.0. The van der Waals surface area contributed by atoms with Gasteiger partial charge in [0.15, 0.2) is 17.2 Å². The number of hydrogen-bond donors (Lipinski definition) is 4. The zero-order valence-electron chi connectivity index (χ0n) is 41.0. The van der Waals surface area contributed by atoms with Gasteiger partial charge in [-0.15, -0.1) is 0 Å². The first-order chi connectivity index (χ1) is 33.9. The van der Waals surface area contributed by atoms with Crippen molar-refractivity contribution in [1.29, 1.82) is 0 Å². The molecule has 2 aromatic heterocycles. The number of rotatable bonds is 13. The summed E-state index contributed by atoms with van der Waals surface area (Å²) in [6, 6.07) is 18.0. The van der Waals surface area contributed by atoms with Gasteiger partial charge in [0.1, 0.15) is 23.8 Å². The molecule has 0 bridgehead atoms. The van der Waals surface area contributed by atoms with E-state index in [1.165, 1.54) is 42.3 Å². The molecule has 2 saturated carbocycles. The van der Waals surface area contributed by atoms with Crippen LogP contribution in [0, 0.1) is 27.3 Å². The summed E-state index contributed by atoms with van der Waals surface area (Å²) < 4.78 is 63.8. The van der Waals surface area contributed by atoms with Crippen LogP contribution in [0.15, 0.2) is 71.8 Å². The van der Waals surface area contributed by atoms with Crippen LogP contribution in [0.2, 0.25) is 0 Å². The number of carbonyl (C=O) groups is 1. The number of benzene rings is 3. The standard InChI is InChI=1S/C53H64FN7O9S/c1-31(2)37-9-6-7-10-38(37)43-11-8-20-60(43)35-27-53(28-35)18-21-59(22-19-53)34-12-13-39(45(23-34)70-47-26-40-41(54)29-55-49(40)57-51(47)69-32(3)4)50(62)58-71(66,67)36-24-44(61(64)65)48-46(25-36)68-30-42(56-48)33-14-16-52(5,63)17-15-33/h6-7,9-10,12-13,23-26,29,31-33,35,42-43,56,63H,8,11,14-22,27-28,30H2,1-5H3,(H,55,57)(H,58,62)/t33-,42-,43+,52-/m1/s1. The summed E-state index contributed by atoms with van der Waals surface area (Å²) in [4.78, 5) is 37.8. The second-order valence-electron chi connectivity index (χ2n) is 21.4. The van der Waals surface area contributed by atoms with Crippen LogP contribution in [0.3, 0.4) is 0 Å². The first-order valence-corrected chi connectivity index (χ1v) is 26.6. The number of nitro groups is 1. The second-order valence-corrected chi connectivity index (χ2v) is 23.1. The Morgan fingerprint density at radius 1 is 1.00 bits per heavy atom. The van der Waals surface area contributed by atoms with Crippen LogP contribution >= 0.6 is 0 Å². The molecule has 2 saturated heterocycles. The van der Waals surface area contributed by atoms with Crippen molar-refractivity contribution in [2.24, 2.45) is 11.3 Å². The van der Waals surface area contributed by atoms with Gasteiger partial charge in [0.2, 0.25) is 0 Å². The molecule has 3 aliphatic heterocycles. The Bertz CT molecular complexity index is 2950. The topological polar surface area (TPSA) is 201 Å². The molecular formula is C53H64FN7O9S. The Hall–Kier alpha value is -5.98. The van der Waals surface area contributed by atoms with Gasteiger partial charge in [-0.05, 0) is 132 Å². The number of halogens is 1. The van der Waals surface area contributed by atoms with Crippen molar-refractivity contribution < 1.29 is 41.8 Å². The van der Waals surface area contributed by atoms with E-state index in [0.29, 0.717) is 43.7 Å². The summed E-state index contributed by atoms with van der Waals surface area (Å²) in [6.07, 6.45) is 9.98. The zero-order valence-corrected chi connectivity index (χ0v) is 41.8. The third-order valence-electron chi connectivity index (χ3n) is 15.8. The summed E-state index contributed by atoms with van der Waals surface area (Å²) in [6.45, 7) is 12.7. The quantitative estimate of drug-likeness (QED) is 0.0642. The molecule has 2 aliphatic carbocycles. The van der Waals surface area contributed by atoms with Crippen LogP contribution in [0.1, 0.15) is 132 Å². The predicted molar refractivity (Wildman–Crippen MR) is 268 cm³/mol. The number of nitrogens with one attached hydrogen (secondary N) is 3. The summed E-state index contributed by atoms with van der Waals surface area (Å²) in [5, 5.41) is 26.3. The molecule has 5 heterocycles. The summed E-state index contributed by atoms with van der Waals surface area (Å²) >= 11 is 0. The van der Waals surface area contributed by atoms with Gasteiger partial charge in [0.05, 0.1) is 38.5 Å². The van der Waals surface area contributed by atoms with Crippen molar-refractivity contribution >= 4 is 44.0 Å². The molecule has 3 aromatic carbocycles. The molecule has 2 atom stereocenters. The van der Waals surface area contributed by atoms with Crippen LogP contribution in [0.4, 0.5) is 21.5 Å². The van der Waals surface area contributed by atoms with Crippen LogP contribution in [0.5, 0.6) is 23.1 Å². The molecule has 0 unspecified atom stereocenters. The number of nitrogens with zero attached hydrogens (tertiary/aromatic N) is 4. The fourth-order valence-electron chi connectivity index (χ4n) is 11.9. The first kappa shape index (κ1) is 48.6. The average molecular weight is 994 g/mol. The minimum atomic E-state index is -4.76. The number of aromatic nitrogens is 2. The number of likely N-dealkylation sites (tertiary alicyclic amines) is 1. The van der Waals surface area contributed by atoms with Crippen molar-refractivity contribution in [1.82, 2.24) is 19.6 Å². The van der Waals surface area contributed by atoms with Gasteiger partial charge >= 0.3 is 0 Å². The van der Waals surface area contributed by atoms with Gasteiger partial charge < -0.3 is 34.5 Å². The van der Waals surface area contributed by atoms with E-state index in [-0.39, 0.29) is 75.5 Å². The monoisotopic (exact) mass is 993 g/mol. The van der Waals surface area contributed by atoms with Crippen LogP contribution in [-0.4, -0.2) is 89.3 Å². The highest BCUT2D eigenvalue weighted by molar-refractivity contribution is 7.90. The zero-order chi connectivity index (χ0) is 50.0. The lowest BCUT2D eigenvalue weighted by molar-refractivity contribution is -0.384. The van der Waals surface area contributed by atoms with Crippen molar-refractivity contribution in [2.45, 2.75) is 139 Å². The number of ether oxygens (including phenoxy) is 3. The molecule has 1 spiro atoms. The number of anilines is 2. The number of pyridine rings is 1. The number of H-pyrrole nitrogens is 1. The maximum Gasteiger partial charge on any atom is 0.297 e. The normalized spacial score (nSPS) is 23.6. The molecular weight excluding hydrogens is 930 g/mol. The number of hydrogen-bond acceptors (Lipinski definition) is 13. The van der Waals surface area contributed by atoms with Gasteiger partial charge in [0.25, 0.3) is 27.5 Å². The molecule has 5 aliphatic rings. The Morgan fingerprint density at radius 2 is 1.75 bits per heavy atom. The highest BCUT2D eigenvalue weighted by Crippen LogP contribution is 2.54. The van der Waals surface area contributed by atoms with E-state index in [4.69, 9.17) is 14.2 Å². The molecule has 4 fully saturated rings. The second kappa shape index (κ2) is 18.9. The molecule has 5 aromatic rings. The van der Waals surface area contributed by atoms with E-state index in [2.05, 4.69) is 67.9 Å². The lowest BCUT2D eigenvalue weighted by atomic mass is 9.59. The van der Waals surface area contributed by atoms with Crippen molar-refractivity contribution in [3.63, 3.8) is 0 Å². The van der Waals surface area contributed by atoms with Crippen LogP contribution in [-0.2, 0) is 10.0 Å². The fraction of sp³-hybridized carbons (Fsp3) is 0.509. The number of nitro benzene ring substituents is 1. The van der Waals surface area contributed by atoms with E-state index in [1.807, 2.05) is 0 Å². The Morgan fingerprint density at radius 3 is 2.46 bits per heavy atom. The van der Waals surface area contributed by atoms with Crippen LogP contribution in [0.25, 0.3) is 11.0 Å². The van der Waals surface area contributed by atoms with Gasteiger partial charge in [-0.2, -0.15) is 4.98 Å². The van der Waals surface area contributed by atoms with Gasteiger partial charge in [-0.25, -0.2) is 17.5 Å². The molecule has 4 N–H and O–H groups in total. The Balaban J connectivity index is 0.897. The highest BCUT2D eigenvalue weighted by Gasteiger charge is 2.50. The first-order valence-electron chi connectivity index (χ1n) is 25.1. The largest absolute Gasteiger partial charge is 0.489 e. The van der Waals surface area contributed by atoms with Crippen LogP contribution < -0.4 is 29.1 Å². The number of sulfonamides is 1. The number of amides is 1. The number of piperidine rings is 1. The van der Waals surface area contributed by atoms with Gasteiger partial charge in [-0.3, -0.25) is 19.8 Å². The van der Waals surface area contributed by atoms with Gasteiger partial charge in [0, 0.05) is 61.3 Å². The molecule has 378 valence electrons.